The van der Waals surface area contributed by atoms with Gasteiger partial charge < -0.3 is 10.1 Å². The van der Waals surface area contributed by atoms with Gasteiger partial charge in [-0.05, 0) is 31.0 Å². The maximum absolute atomic E-state index is 12.2. The molecule has 0 fully saturated rings. The van der Waals surface area contributed by atoms with E-state index in [2.05, 4.69) is 36.5 Å². The van der Waals surface area contributed by atoms with Crippen LogP contribution in [0.3, 0.4) is 0 Å². The maximum Gasteiger partial charge on any atom is 0.232 e. The molecule has 8 heteroatoms. The number of carbonyl (C=O) groups is 1. The highest BCUT2D eigenvalue weighted by atomic mass is 32.2. The van der Waals surface area contributed by atoms with Gasteiger partial charge in [0.25, 0.3) is 0 Å². The summed E-state index contributed by atoms with van der Waals surface area (Å²) < 4.78 is 31.0. The summed E-state index contributed by atoms with van der Waals surface area (Å²) >= 11 is 1.77. The van der Waals surface area contributed by atoms with Crippen LogP contribution in [0, 0.1) is 6.92 Å². The van der Waals surface area contributed by atoms with Crippen LogP contribution >= 0.6 is 11.8 Å². The molecule has 1 amide bonds. The van der Waals surface area contributed by atoms with E-state index in [4.69, 9.17) is 4.74 Å². The lowest BCUT2D eigenvalue weighted by molar-refractivity contribution is -0.121. The third kappa shape index (κ3) is 7.91. The number of thioether (sulfide) groups is 1. The van der Waals surface area contributed by atoms with E-state index in [1.807, 2.05) is 0 Å². The van der Waals surface area contributed by atoms with Gasteiger partial charge in [-0.2, -0.15) is 11.8 Å². The Morgan fingerprint density at radius 1 is 1.17 bits per heavy atom. The van der Waals surface area contributed by atoms with Crippen LogP contribution in [0.25, 0.3) is 0 Å². The molecule has 0 aliphatic rings. The average molecular weight is 451 g/mol. The van der Waals surface area contributed by atoms with Crippen LogP contribution in [0.2, 0.25) is 0 Å². The first-order chi connectivity index (χ1) is 14.3. The highest BCUT2D eigenvalue weighted by Crippen LogP contribution is 2.29. The Balaban J connectivity index is 1.74. The monoisotopic (exact) mass is 450 g/mol. The van der Waals surface area contributed by atoms with Crippen molar-refractivity contribution in [1.29, 1.82) is 0 Å². The van der Waals surface area contributed by atoms with Gasteiger partial charge in [0, 0.05) is 31.0 Å². The van der Waals surface area contributed by atoms with Crippen LogP contribution in [-0.2, 0) is 20.6 Å². The van der Waals surface area contributed by atoms with E-state index in [-0.39, 0.29) is 18.9 Å². The second-order valence-electron chi connectivity index (χ2n) is 7.00. The number of benzene rings is 2. The minimum Gasteiger partial charge on any atom is -0.495 e. The molecule has 6 nitrogen and oxygen atoms in total. The van der Waals surface area contributed by atoms with E-state index in [0.717, 1.165) is 17.8 Å². The highest BCUT2D eigenvalue weighted by molar-refractivity contribution is 7.98. The van der Waals surface area contributed by atoms with Gasteiger partial charge >= 0.3 is 0 Å². The fraction of sp³-hybridized carbons (Fsp3) is 0.409. The summed E-state index contributed by atoms with van der Waals surface area (Å²) in [7, 11) is -1.98. The Bertz CT molecular complexity index is 932. The summed E-state index contributed by atoms with van der Waals surface area (Å²) in [6, 6.07) is 15.4. The van der Waals surface area contributed by atoms with Crippen LogP contribution in [0.15, 0.2) is 48.5 Å². The van der Waals surface area contributed by atoms with E-state index in [0.29, 0.717) is 24.4 Å². The minimum atomic E-state index is -3.48. The van der Waals surface area contributed by atoms with E-state index >= 15 is 0 Å². The predicted molar refractivity (Wildman–Crippen MR) is 125 cm³/mol. The summed E-state index contributed by atoms with van der Waals surface area (Å²) in [5.41, 5.74) is 3.01. The van der Waals surface area contributed by atoms with Gasteiger partial charge in [-0.25, -0.2) is 8.42 Å². The van der Waals surface area contributed by atoms with Crippen molar-refractivity contribution >= 4 is 33.4 Å². The number of para-hydroxylation sites is 2. The normalized spacial score (nSPS) is 11.2. The second-order valence-corrected chi connectivity index (χ2v) is 10.0. The number of methoxy groups -OCH3 is 1. The molecule has 0 spiro atoms. The second kappa shape index (κ2) is 11.9. The van der Waals surface area contributed by atoms with E-state index in [9.17, 15) is 13.2 Å². The molecular weight excluding hydrogens is 420 g/mol. The molecule has 164 valence electrons. The molecule has 0 saturated carbocycles. The van der Waals surface area contributed by atoms with Crippen LogP contribution in [-0.4, -0.2) is 46.5 Å². The Hall–Kier alpha value is -2.19. The van der Waals surface area contributed by atoms with Crippen molar-refractivity contribution in [2.75, 3.05) is 36.5 Å². The number of rotatable bonds is 12. The first kappa shape index (κ1) is 24.1. The number of nitrogens with zero attached hydrogens (tertiary/aromatic N) is 1. The van der Waals surface area contributed by atoms with Crippen molar-refractivity contribution in [1.82, 2.24) is 5.32 Å². The van der Waals surface area contributed by atoms with Gasteiger partial charge in [0.05, 0.1) is 19.1 Å². The molecule has 0 radical (unpaired) electrons. The summed E-state index contributed by atoms with van der Waals surface area (Å²) in [5.74, 6) is 2.16. The summed E-state index contributed by atoms with van der Waals surface area (Å²) in [6.07, 6.45) is 1.85. The first-order valence-electron chi connectivity index (χ1n) is 9.82. The SMILES string of the molecule is COc1ccccc1N(CCCC(=O)NCCSCc1cccc(C)c1)S(C)(=O)=O. The average Bonchev–Trinajstić information content (AvgIpc) is 2.70. The van der Waals surface area contributed by atoms with Crippen LogP contribution in [0.5, 0.6) is 5.75 Å². The Labute approximate surface area is 184 Å². The molecule has 30 heavy (non-hydrogen) atoms. The zero-order valence-electron chi connectivity index (χ0n) is 17.8. The molecule has 0 unspecified atom stereocenters. The third-order valence-corrected chi connectivity index (χ3v) is 6.65. The fourth-order valence-corrected chi connectivity index (χ4v) is 4.80. The number of carbonyl (C=O) groups excluding carboxylic acids is 1. The Morgan fingerprint density at radius 2 is 1.93 bits per heavy atom. The molecule has 2 rings (SSSR count). The summed E-state index contributed by atoms with van der Waals surface area (Å²) in [5, 5.41) is 2.90. The van der Waals surface area contributed by atoms with Gasteiger partial charge in [-0.15, -0.1) is 0 Å². The van der Waals surface area contributed by atoms with Crippen molar-refractivity contribution < 1.29 is 17.9 Å². The number of anilines is 1. The number of hydrogen-bond donors (Lipinski definition) is 1. The molecule has 2 aromatic carbocycles. The summed E-state index contributed by atoms with van der Waals surface area (Å²) in [6.45, 7) is 2.89. The third-order valence-electron chi connectivity index (χ3n) is 4.44. The van der Waals surface area contributed by atoms with E-state index in [1.165, 1.54) is 22.5 Å². The van der Waals surface area contributed by atoms with Crippen LogP contribution < -0.4 is 14.4 Å². The van der Waals surface area contributed by atoms with Gasteiger partial charge in [0.15, 0.2) is 0 Å². The molecule has 0 aliphatic heterocycles. The molecule has 0 bridgehead atoms. The first-order valence-corrected chi connectivity index (χ1v) is 12.8. The largest absolute Gasteiger partial charge is 0.495 e. The molecular formula is C22H30N2O4S2. The number of nitrogens with one attached hydrogen (secondary N) is 1. The molecule has 0 atom stereocenters. The van der Waals surface area contributed by atoms with Gasteiger partial charge in [0.1, 0.15) is 5.75 Å². The topological polar surface area (TPSA) is 75.7 Å². The maximum atomic E-state index is 12.2. The van der Waals surface area contributed by atoms with Gasteiger partial charge in [0.2, 0.25) is 15.9 Å². The van der Waals surface area contributed by atoms with Crippen LogP contribution in [0.1, 0.15) is 24.0 Å². The lowest BCUT2D eigenvalue weighted by atomic mass is 10.2. The number of amides is 1. The quantitative estimate of drug-likeness (QED) is 0.500. The molecule has 0 aromatic heterocycles. The predicted octanol–water partition coefficient (Wildman–Crippen LogP) is 3.60. The number of hydrogen-bond acceptors (Lipinski definition) is 5. The zero-order chi connectivity index (χ0) is 22.0. The van der Waals surface area contributed by atoms with E-state index < -0.39 is 10.0 Å². The van der Waals surface area contributed by atoms with Crippen molar-refractivity contribution in [3.63, 3.8) is 0 Å². The number of sulfonamides is 1. The standard InChI is InChI=1S/C22H30N2O4S2/c1-18-8-6-9-19(16-18)17-29-15-13-23-22(25)12-7-14-24(30(3,26)27)20-10-4-5-11-21(20)28-2/h4-6,8-11,16H,7,12-15,17H2,1-3H3,(H,23,25). The number of ether oxygens (including phenoxy) is 1. The molecule has 0 heterocycles. The number of aryl methyl sites for hydroxylation is 1. The van der Waals surface area contributed by atoms with Gasteiger partial charge in [-0.1, -0.05) is 42.0 Å². The van der Waals surface area contributed by atoms with Gasteiger partial charge in [-0.3, -0.25) is 9.10 Å². The lowest BCUT2D eigenvalue weighted by Gasteiger charge is -2.24. The lowest BCUT2D eigenvalue weighted by Crippen LogP contribution is -2.32. The Kier molecular flexibility index (Phi) is 9.52. The summed E-state index contributed by atoms with van der Waals surface area (Å²) in [4.78, 5) is 12.1. The molecule has 0 aliphatic carbocycles. The fourth-order valence-electron chi connectivity index (χ4n) is 3.03. The van der Waals surface area contributed by atoms with Crippen molar-refractivity contribution in [2.45, 2.75) is 25.5 Å². The minimum absolute atomic E-state index is 0.0698. The van der Waals surface area contributed by atoms with Crippen molar-refractivity contribution in [2.24, 2.45) is 0 Å². The highest BCUT2D eigenvalue weighted by Gasteiger charge is 2.20. The molecule has 1 N–H and O–H groups in total. The Morgan fingerprint density at radius 3 is 2.63 bits per heavy atom. The van der Waals surface area contributed by atoms with Crippen molar-refractivity contribution in [3.05, 3.63) is 59.7 Å². The van der Waals surface area contributed by atoms with Crippen LogP contribution in [0.4, 0.5) is 5.69 Å². The van der Waals surface area contributed by atoms with E-state index in [1.54, 1.807) is 36.0 Å². The molecule has 0 saturated heterocycles. The van der Waals surface area contributed by atoms with Crippen molar-refractivity contribution in [3.8, 4) is 5.75 Å². The zero-order valence-corrected chi connectivity index (χ0v) is 19.4. The smallest absolute Gasteiger partial charge is 0.232 e. The molecule has 2 aromatic rings.